The monoisotopic (exact) mass is 564 g/mol. The second-order valence-electron chi connectivity index (χ2n) is 10.0. The summed E-state index contributed by atoms with van der Waals surface area (Å²) in [7, 11) is 0. The second kappa shape index (κ2) is 12.9. The summed E-state index contributed by atoms with van der Waals surface area (Å²) >= 11 is 6.27. The minimum absolute atomic E-state index is 0.0941. The number of carboxylic acids is 1. The van der Waals surface area contributed by atoms with Gasteiger partial charge >= 0.3 is 11.9 Å². The molecule has 13 heteroatoms. The first-order chi connectivity index (χ1) is 18.6. The van der Waals surface area contributed by atoms with E-state index in [0.717, 1.165) is 64.7 Å². The Morgan fingerprint density at radius 1 is 1.13 bits per heavy atom. The van der Waals surface area contributed by atoms with Crippen LogP contribution in [0.5, 0.6) is 5.75 Å². The van der Waals surface area contributed by atoms with E-state index < -0.39 is 24.1 Å². The van der Waals surface area contributed by atoms with Crippen molar-refractivity contribution in [3.8, 4) is 5.75 Å². The van der Waals surface area contributed by atoms with Crippen LogP contribution >= 0.6 is 11.6 Å². The Bertz CT molecular complexity index is 1210. The van der Waals surface area contributed by atoms with E-state index in [0.29, 0.717) is 18.4 Å². The Kier molecular flexibility index (Phi) is 9.57. The van der Waals surface area contributed by atoms with Gasteiger partial charge in [-0.25, -0.2) is 9.59 Å². The molecule has 0 bridgehead atoms. The summed E-state index contributed by atoms with van der Waals surface area (Å²) in [6.07, 6.45) is 0.650. The zero-order chi connectivity index (χ0) is 28.1. The van der Waals surface area contributed by atoms with Crippen molar-refractivity contribution in [2.24, 2.45) is 11.8 Å². The van der Waals surface area contributed by atoms with Gasteiger partial charge in [0.15, 0.2) is 12.2 Å². The molecule has 2 fully saturated rings. The molecule has 0 aliphatic carbocycles. The Balaban J connectivity index is 1.38. The van der Waals surface area contributed by atoms with Crippen LogP contribution in [0.3, 0.4) is 0 Å². The molecule has 2 unspecified atom stereocenters. The predicted molar refractivity (Wildman–Crippen MR) is 141 cm³/mol. The average Bonchev–Trinajstić information content (AvgIpc) is 2.94. The molecule has 0 saturated carbocycles. The molecule has 2 aromatic rings. The van der Waals surface area contributed by atoms with Crippen LogP contribution in [0.1, 0.15) is 36.0 Å². The number of aliphatic carboxylic acids is 1. The van der Waals surface area contributed by atoms with Gasteiger partial charge in [0, 0.05) is 31.7 Å². The zero-order valence-electron chi connectivity index (χ0n) is 21.3. The summed E-state index contributed by atoms with van der Waals surface area (Å²) in [4.78, 5) is 42.6. The normalized spacial score (nSPS) is 18.9. The number of hydrogen-bond acceptors (Lipinski definition) is 10. The number of rotatable bonds is 9. The largest absolute Gasteiger partial charge is 0.479 e. The number of amides is 1. The van der Waals surface area contributed by atoms with E-state index in [4.69, 9.17) is 31.9 Å². The van der Waals surface area contributed by atoms with E-state index in [-0.39, 0.29) is 38.8 Å². The highest BCUT2D eigenvalue weighted by molar-refractivity contribution is 6.35. The number of pyridine rings is 1. The Morgan fingerprint density at radius 3 is 2.49 bits per heavy atom. The van der Waals surface area contributed by atoms with Crippen LogP contribution in [-0.2, 0) is 14.3 Å². The number of halogens is 1. The molecule has 12 nitrogen and oxygen atoms in total. The maximum Gasteiger partial charge on any atom is 0.343 e. The molecule has 1 aromatic heterocycles. The van der Waals surface area contributed by atoms with Gasteiger partial charge in [0.1, 0.15) is 5.75 Å². The molecule has 1 amide bonds. The first kappa shape index (κ1) is 29.0. The highest BCUT2D eigenvalue weighted by atomic mass is 35.5. The summed E-state index contributed by atoms with van der Waals surface area (Å²) < 4.78 is 10.4. The second-order valence-corrected chi connectivity index (χ2v) is 10.5. The zero-order valence-corrected chi connectivity index (χ0v) is 22.1. The van der Waals surface area contributed by atoms with Crippen molar-refractivity contribution in [3.63, 3.8) is 0 Å². The lowest BCUT2D eigenvalue weighted by atomic mass is 9.94. The maximum absolute atomic E-state index is 13.1. The van der Waals surface area contributed by atoms with Gasteiger partial charge in [-0.15, -0.1) is 0 Å². The SMILES string of the molecule is Nc1c(Cl)cc(C(=O)NCC2CCN(CC3CCOCC3)CC2)c2ncc(OC(=O)C(O)C(O)C(=O)O)cc12. The fourth-order valence-corrected chi connectivity index (χ4v) is 5.15. The van der Waals surface area contributed by atoms with Crippen molar-refractivity contribution >= 4 is 46.0 Å². The minimum Gasteiger partial charge on any atom is -0.479 e. The number of anilines is 1. The molecule has 3 heterocycles. The van der Waals surface area contributed by atoms with E-state index in [1.54, 1.807) is 0 Å². The van der Waals surface area contributed by atoms with Crippen LogP contribution in [0, 0.1) is 11.8 Å². The summed E-state index contributed by atoms with van der Waals surface area (Å²) in [5.74, 6) is -2.70. The summed E-state index contributed by atoms with van der Waals surface area (Å²) in [5, 5.41) is 31.1. The van der Waals surface area contributed by atoms with E-state index in [1.165, 1.54) is 12.1 Å². The number of aliphatic hydroxyl groups is 2. The van der Waals surface area contributed by atoms with Crippen LogP contribution in [0.15, 0.2) is 18.3 Å². The van der Waals surface area contributed by atoms with Crippen LogP contribution in [0.25, 0.3) is 10.9 Å². The number of nitrogen functional groups attached to an aromatic ring is 1. The van der Waals surface area contributed by atoms with E-state index in [2.05, 4.69) is 15.2 Å². The van der Waals surface area contributed by atoms with E-state index in [9.17, 15) is 24.6 Å². The van der Waals surface area contributed by atoms with Crippen LogP contribution in [-0.4, -0.2) is 94.6 Å². The Morgan fingerprint density at radius 2 is 1.82 bits per heavy atom. The van der Waals surface area contributed by atoms with E-state index >= 15 is 0 Å². The minimum atomic E-state index is -2.36. The number of aromatic nitrogens is 1. The molecule has 2 saturated heterocycles. The van der Waals surface area contributed by atoms with Crippen molar-refractivity contribution in [3.05, 3.63) is 28.9 Å². The summed E-state index contributed by atoms with van der Waals surface area (Å²) in [6, 6.07) is 2.73. The first-order valence-corrected chi connectivity index (χ1v) is 13.3. The third-order valence-corrected chi connectivity index (χ3v) is 7.62. The van der Waals surface area contributed by atoms with Crippen LogP contribution in [0.2, 0.25) is 5.02 Å². The number of nitrogens with two attached hydrogens (primary N) is 1. The number of fused-ring (bicyclic) bond motifs is 1. The highest BCUT2D eigenvalue weighted by Crippen LogP contribution is 2.33. The molecule has 4 rings (SSSR count). The van der Waals surface area contributed by atoms with Crippen molar-refractivity contribution in [2.45, 2.75) is 37.9 Å². The van der Waals surface area contributed by atoms with Crippen molar-refractivity contribution in [1.29, 1.82) is 0 Å². The standard InChI is InChI=1S/C26H33ClN4O8/c27-19-10-18(24(34)30-11-14-1-5-31(6-2-14)13-15-3-7-38-8-4-15)21-17(20(19)28)9-16(12-29-21)39-26(37)23(33)22(32)25(35)36/h9-10,12,14-15,22-23,32-33H,1-8,11,13,28H2,(H,30,34)(H,35,36). The molecule has 39 heavy (non-hydrogen) atoms. The fourth-order valence-electron chi connectivity index (χ4n) is 4.94. The molecule has 1 aromatic carbocycles. The lowest BCUT2D eigenvalue weighted by Gasteiger charge is -2.35. The number of carboxylic acid groups (broad SMARTS) is 1. The number of hydrogen-bond donors (Lipinski definition) is 5. The van der Waals surface area contributed by atoms with Crippen molar-refractivity contribution in [2.75, 3.05) is 45.1 Å². The number of aliphatic hydroxyl groups excluding tert-OH is 2. The molecule has 6 N–H and O–H groups in total. The summed E-state index contributed by atoms with van der Waals surface area (Å²) in [6.45, 7) is 5.29. The topological polar surface area (TPSA) is 185 Å². The fraction of sp³-hybridized carbons (Fsp3) is 0.538. The van der Waals surface area contributed by atoms with Gasteiger partial charge in [-0.1, -0.05) is 11.6 Å². The molecule has 2 aliphatic heterocycles. The quantitative estimate of drug-likeness (QED) is 0.216. The maximum atomic E-state index is 13.1. The number of carbonyl (C=O) groups excluding carboxylic acids is 2. The van der Waals surface area contributed by atoms with E-state index in [1.807, 2.05) is 0 Å². The number of benzene rings is 1. The Labute approximate surface area is 230 Å². The van der Waals surface area contributed by atoms with Crippen LogP contribution in [0.4, 0.5) is 5.69 Å². The van der Waals surface area contributed by atoms with Gasteiger partial charge < -0.3 is 40.7 Å². The number of likely N-dealkylation sites (tertiary alicyclic amines) is 1. The van der Waals surface area contributed by atoms with Crippen molar-refractivity contribution < 1.29 is 39.2 Å². The number of ether oxygens (including phenoxy) is 2. The Hall–Kier alpha value is -3.03. The molecular formula is C26H33ClN4O8. The smallest absolute Gasteiger partial charge is 0.343 e. The highest BCUT2D eigenvalue weighted by Gasteiger charge is 2.32. The summed E-state index contributed by atoms with van der Waals surface area (Å²) in [5.41, 5.74) is 6.60. The molecule has 0 spiro atoms. The number of piperidine rings is 1. The van der Waals surface area contributed by atoms with Gasteiger partial charge in [0.2, 0.25) is 0 Å². The van der Waals surface area contributed by atoms with Gasteiger partial charge in [0.25, 0.3) is 5.91 Å². The van der Waals surface area contributed by atoms with Crippen molar-refractivity contribution in [1.82, 2.24) is 15.2 Å². The van der Waals surface area contributed by atoms with Gasteiger partial charge in [-0.3, -0.25) is 9.78 Å². The first-order valence-electron chi connectivity index (χ1n) is 12.9. The molecule has 2 atom stereocenters. The average molecular weight is 565 g/mol. The van der Waals surface area contributed by atoms with Gasteiger partial charge in [-0.05, 0) is 62.7 Å². The number of esters is 1. The van der Waals surface area contributed by atoms with Gasteiger partial charge in [-0.2, -0.15) is 0 Å². The van der Waals surface area contributed by atoms with Crippen LogP contribution < -0.4 is 15.8 Å². The lowest BCUT2D eigenvalue weighted by Crippen LogP contribution is -2.41. The molecule has 0 radical (unpaired) electrons. The third-order valence-electron chi connectivity index (χ3n) is 7.31. The predicted octanol–water partition coefficient (Wildman–Crippen LogP) is 1.05. The molecule has 212 valence electrons. The number of carbonyl (C=O) groups is 3. The number of nitrogens with one attached hydrogen (secondary N) is 1. The molecular weight excluding hydrogens is 532 g/mol. The number of nitrogens with zero attached hydrogens (tertiary/aromatic N) is 2. The van der Waals surface area contributed by atoms with Gasteiger partial charge in [0.05, 0.1) is 28.0 Å². The molecule has 2 aliphatic rings. The lowest BCUT2D eigenvalue weighted by molar-refractivity contribution is -0.164. The third kappa shape index (κ3) is 7.14.